The van der Waals surface area contributed by atoms with E-state index in [0.29, 0.717) is 13.0 Å². The number of benzene rings is 2. The molecule has 1 unspecified atom stereocenters. The summed E-state index contributed by atoms with van der Waals surface area (Å²) in [5, 5.41) is 3.85. The van der Waals surface area contributed by atoms with Crippen LogP contribution in [-0.2, 0) is 6.42 Å². The second kappa shape index (κ2) is 6.90. The number of rotatable bonds is 2. The van der Waals surface area contributed by atoms with Crippen LogP contribution in [0, 0.1) is 13.8 Å². The molecular weight excluding hydrogens is 298 g/mol. The van der Waals surface area contributed by atoms with Crippen LogP contribution in [-0.4, -0.2) is 12.3 Å². The van der Waals surface area contributed by atoms with Gasteiger partial charge in [-0.2, -0.15) is 0 Å². The first kappa shape index (κ1) is 16.3. The van der Waals surface area contributed by atoms with E-state index < -0.39 is 0 Å². The number of nitrogens with zero attached hydrogens (tertiary/aromatic N) is 3. The van der Waals surface area contributed by atoms with Crippen LogP contribution in [0.15, 0.2) is 41.5 Å². The molecular formula is C20H21N3O. The van der Waals surface area contributed by atoms with E-state index in [1.165, 1.54) is 22.3 Å². The lowest BCUT2D eigenvalue weighted by molar-refractivity contribution is 0.0979. The molecule has 1 aliphatic rings. The molecule has 0 heterocycles. The van der Waals surface area contributed by atoms with Crippen molar-refractivity contribution in [3.63, 3.8) is 0 Å². The lowest BCUT2D eigenvalue weighted by atomic mass is 9.83. The van der Waals surface area contributed by atoms with Gasteiger partial charge in [0.1, 0.15) is 0 Å². The van der Waals surface area contributed by atoms with E-state index in [1.807, 2.05) is 24.3 Å². The van der Waals surface area contributed by atoms with Crippen molar-refractivity contribution in [3.05, 3.63) is 80.2 Å². The number of Topliss-reactive ketones (excluding diaryl/α,β-unsaturated/α-hetero) is 1. The van der Waals surface area contributed by atoms with Gasteiger partial charge in [-0.1, -0.05) is 47.1 Å². The number of carbonyl (C=O) groups excluding carboxylic acids is 1. The number of hydrogen-bond acceptors (Lipinski definition) is 2. The summed E-state index contributed by atoms with van der Waals surface area (Å²) >= 11 is 0. The van der Waals surface area contributed by atoms with Crippen LogP contribution in [0.4, 0.5) is 0 Å². The summed E-state index contributed by atoms with van der Waals surface area (Å²) < 4.78 is 0. The van der Waals surface area contributed by atoms with E-state index in [-0.39, 0.29) is 11.7 Å². The molecule has 2 aromatic rings. The number of aryl methyl sites for hydroxylation is 2. The Labute approximate surface area is 142 Å². The highest BCUT2D eigenvalue weighted by molar-refractivity contribution is 5.98. The van der Waals surface area contributed by atoms with Gasteiger partial charge in [0, 0.05) is 29.4 Å². The molecule has 0 radical (unpaired) electrons. The van der Waals surface area contributed by atoms with Crippen molar-refractivity contribution >= 4 is 5.78 Å². The molecule has 0 aliphatic heterocycles. The van der Waals surface area contributed by atoms with Crippen molar-refractivity contribution in [2.24, 2.45) is 5.11 Å². The maximum absolute atomic E-state index is 12.6. The summed E-state index contributed by atoms with van der Waals surface area (Å²) in [6.45, 7) is 4.54. The van der Waals surface area contributed by atoms with Gasteiger partial charge in [0.25, 0.3) is 0 Å². The third-order valence-electron chi connectivity index (χ3n) is 4.82. The van der Waals surface area contributed by atoms with Crippen LogP contribution < -0.4 is 0 Å². The maximum Gasteiger partial charge on any atom is 0.163 e. The molecule has 0 bridgehead atoms. The summed E-state index contributed by atoms with van der Waals surface area (Å²) in [5.74, 6) is 0.103. The zero-order valence-electron chi connectivity index (χ0n) is 14.1. The van der Waals surface area contributed by atoms with Gasteiger partial charge in [-0.15, -0.1) is 0 Å². The Morgan fingerprint density at radius 2 is 1.96 bits per heavy atom. The molecule has 1 atom stereocenters. The minimum atomic E-state index is -0.0762. The predicted molar refractivity (Wildman–Crippen MR) is 95.5 cm³/mol. The number of azide groups is 1. The Hall–Kier alpha value is -2.58. The molecule has 0 fully saturated rings. The van der Waals surface area contributed by atoms with Crippen LogP contribution in [0.2, 0.25) is 0 Å². The number of carbonyl (C=O) groups is 1. The third kappa shape index (κ3) is 3.06. The molecule has 0 N–H and O–H groups in total. The van der Waals surface area contributed by atoms with Gasteiger partial charge in [0.15, 0.2) is 5.78 Å². The fraction of sp³-hybridized carbons (Fsp3) is 0.350. The first-order valence-corrected chi connectivity index (χ1v) is 8.35. The molecule has 4 heteroatoms. The Kier molecular flexibility index (Phi) is 4.68. The second-order valence-corrected chi connectivity index (χ2v) is 6.48. The van der Waals surface area contributed by atoms with Crippen LogP contribution in [0.3, 0.4) is 0 Å². The molecule has 0 saturated carbocycles. The van der Waals surface area contributed by atoms with Gasteiger partial charge in [0.2, 0.25) is 0 Å². The highest BCUT2D eigenvalue weighted by Crippen LogP contribution is 2.35. The Balaban J connectivity index is 2.28. The first-order valence-electron chi connectivity index (χ1n) is 8.35. The van der Waals surface area contributed by atoms with Crippen molar-refractivity contribution in [1.82, 2.24) is 0 Å². The molecule has 0 aromatic heterocycles. The van der Waals surface area contributed by atoms with Gasteiger partial charge in [-0.05, 0) is 54.5 Å². The van der Waals surface area contributed by atoms with Crippen LogP contribution in [0.5, 0.6) is 0 Å². The van der Waals surface area contributed by atoms with Crippen LogP contribution in [0.25, 0.3) is 10.4 Å². The fourth-order valence-electron chi connectivity index (χ4n) is 3.78. The zero-order valence-corrected chi connectivity index (χ0v) is 14.1. The van der Waals surface area contributed by atoms with E-state index in [1.54, 1.807) is 0 Å². The first-order chi connectivity index (χ1) is 11.6. The van der Waals surface area contributed by atoms with E-state index >= 15 is 0 Å². The lowest BCUT2D eigenvalue weighted by Crippen LogP contribution is -2.12. The predicted octanol–water partition coefficient (Wildman–Crippen LogP) is 5.26. The average Bonchev–Trinajstić information content (AvgIpc) is 2.62. The molecule has 0 spiro atoms. The molecule has 24 heavy (non-hydrogen) atoms. The lowest BCUT2D eigenvalue weighted by Gasteiger charge is -2.22. The van der Waals surface area contributed by atoms with E-state index in [4.69, 9.17) is 5.53 Å². The van der Waals surface area contributed by atoms with Gasteiger partial charge in [0.05, 0.1) is 0 Å². The highest BCUT2D eigenvalue weighted by Gasteiger charge is 2.25. The van der Waals surface area contributed by atoms with Crippen molar-refractivity contribution in [1.29, 1.82) is 0 Å². The molecule has 2 aromatic carbocycles. The SMILES string of the molecule is Cc1cc(C)c2c(c1)C(CN=[N+]=[N-])c1ccccc1C(=O)CCC2. The largest absolute Gasteiger partial charge is 0.294 e. The number of hydrogen-bond donors (Lipinski definition) is 0. The summed E-state index contributed by atoms with van der Waals surface area (Å²) in [6, 6.07) is 12.1. The van der Waals surface area contributed by atoms with Crippen molar-refractivity contribution in [2.45, 2.75) is 39.0 Å². The summed E-state index contributed by atoms with van der Waals surface area (Å²) in [6.07, 6.45) is 2.28. The smallest absolute Gasteiger partial charge is 0.163 e. The molecule has 0 saturated heterocycles. The average molecular weight is 319 g/mol. The summed E-state index contributed by atoms with van der Waals surface area (Å²) in [7, 11) is 0. The molecule has 1 aliphatic carbocycles. The monoisotopic (exact) mass is 319 g/mol. The van der Waals surface area contributed by atoms with Gasteiger partial charge < -0.3 is 0 Å². The molecule has 3 rings (SSSR count). The molecule has 122 valence electrons. The standard InChI is InChI=1S/C20H21N3O/c1-13-10-14(2)15-8-5-9-20(24)17-7-4-3-6-16(17)19(12-22-23-21)18(15)11-13/h3-4,6-7,10-11,19H,5,8-9,12H2,1-2H3. The third-order valence-corrected chi connectivity index (χ3v) is 4.82. The maximum atomic E-state index is 12.6. The van der Waals surface area contributed by atoms with Crippen LogP contribution >= 0.6 is 0 Å². The topological polar surface area (TPSA) is 65.8 Å². The number of ketones is 1. The van der Waals surface area contributed by atoms with Gasteiger partial charge in [-0.25, -0.2) is 0 Å². The molecule has 0 amide bonds. The van der Waals surface area contributed by atoms with Crippen LogP contribution in [0.1, 0.15) is 56.9 Å². The Morgan fingerprint density at radius 3 is 2.75 bits per heavy atom. The zero-order chi connectivity index (χ0) is 17.1. The minimum Gasteiger partial charge on any atom is -0.294 e. The van der Waals surface area contributed by atoms with Crippen molar-refractivity contribution in [3.8, 4) is 0 Å². The van der Waals surface area contributed by atoms with Crippen molar-refractivity contribution in [2.75, 3.05) is 6.54 Å². The highest BCUT2D eigenvalue weighted by atomic mass is 16.1. The van der Waals surface area contributed by atoms with Crippen molar-refractivity contribution < 1.29 is 4.79 Å². The van der Waals surface area contributed by atoms with Gasteiger partial charge >= 0.3 is 0 Å². The summed E-state index contributed by atoms with van der Waals surface area (Å²) in [4.78, 5) is 15.6. The van der Waals surface area contributed by atoms with E-state index in [9.17, 15) is 4.79 Å². The van der Waals surface area contributed by atoms with E-state index in [0.717, 1.165) is 24.0 Å². The fourth-order valence-corrected chi connectivity index (χ4v) is 3.78. The number of fused-ring (bicyclic) bond motifs is 2. The normalized spacial score (nSPS) is 16.9. The Bertz CT molecular complexity index is 835. The Morgan fingerprint density at radius 1 is 1.17 bits per heavy atom. The second-order valence-electron chi connectivity index (χ2n) is 6.48. The molecule has 4 nitrogen and oxygen atoms in total. The summed E-state index contributed by atoms with van der Waals surface area (Å²) in [5.41, 5.74) is 15.5. The van der Waals surface area contributed by atoms with E-state index in [2.05, 4.69) is 36.0 Å². The quantitative estimate of drug-likeness (QED) is 0.422. The van der Waals surface area contributed by atoms with Gasteiger partial charge in [-0.3, -0.25) is 4.79 Å². The minimum absolute atomic E-state index is 0.0762.